The molecule has 1 N–H and O–H groups in total. The van der Waals surface area contributed by atoms with Crippen molar-refractivity contribution in [1.82, 2.24) is 0 Å². The van der Waals surface area contributed by atoms with E-state index < -0.39 is 0 Å². The number of carbonyl (C=O) groups is 1. The lowest BCUT2D eigenvalue weighted by Gasteiger charge is -2.28. The summed E-state index contributed by atoms with van der Waals surface area (Å²) in [7, 11) is 1.72. The standard InChI is InChI=1S/C18H27NO3/c1-5-22-18(20)15-8-10-19(11-9-15)12-16-6-7-17(21-4)14(3)13(16)2/h6-7,15H,5,8-12H2,1-4H3/p+1. The molecule has 1 aromatic carbocycles. The molecule has 122 valence electrons. The number of hydrogen-bond acceptors (Lipinski definition) is 3. The molecule has 0 radical (unpaired) electrons. The van der Waals surface area contributed by atoms with Crippen LogP contribution in [0.25, 0.3) is 0 Å². The van der Waals surface area contributed by atoms with E-state index in [1.807, 2.05) is 6.92 Å². The molecular formula is C18H28NO3+. The number of esters is 1. The molecule has 1 aliphatic heterocycles. The van der Waals surface area contributed by atoms with Crippen LogP contribution in [0.3, 0.4) is 0 Å². The van der Waals surface area contributed by atoms with E-state index >= 15 is 0 Å². The summed E-state index contributed by atoms with van der Waals surface area (Å²) in [5.41, 5.74) is 3.92. The van der Waals surface area contributed by atoms with Gasteiger partial charge in [-0.05, 0) is 44.0 Å². The summed E-state index contributed by atoms with van der Waals surface area (Å²) in [5.74, 6) is 1.04. The van der Waals surface area contributed by atoms with Crippen LogP contribution in [0.4, 0.5) is 0 Å². The number of hydrogen-bond donors (Lipinski definition) is 1. The first-order valence-electron chi connectivity index (χ1n) is 8.20. The number of quaternary nitrogens is 1. The number of piperidine rings is 1. The quantitative estimate of drug-likeness (QED) is 0.841. The zero-order valence-electron chi connectivity index (χ0n) is 14.2. The highest BCUT2D eigenvalue weighted by molar-refractivity contribution is 5.72. The molecule has 4 nitrogen and oxygen atoms in total. The number of benzene rings is 1. The van der Waals surface area contributed by atoms with E-state index in [4.69, 9.17) is 9.47 Å². The normalized spacial score (nSPS) is 21.5. The van der Waals surface area contributed by atoms with Crippen molar-refractivity contribution >= 4 is 5.97 Å². The second-order valence-electron chi connectivity index (χ2n) is 6.13. The van der Waals surface area contributed by atoms with Gasteiger partial charge in [0.2, 0.25) is 0 Å². The maximum absolute atomic E-state index is 11.8. The molecule has 0 aliphatic carbocycles. The molecule has 0 saturated carbocycles. The fourth-order valence-corrected chi connectivity index (χ4v) is 3.23. The average molecular weight is 306 g/mol. The zero-order valence-corrected chi connectivity index (χ0v) is 14.2. The van der Waals surface area contributed by atoms with Crippen molar-refractivity contribution in [2.24, 2.45) is 5.92 Å². The van der Waals surface area contributed by atoms with E-state index in [1.54, 1.807) is 12.0 Å². The van der Waals surface area contributed by atoms with Gasteiger partial charge in [-0.1, -0.05) is 0 Å². The molecule has 0 atom stereocenters. The Hall–Kier alpha value is -1.55. The zero-order chi connectivity index (χ0) is 16.1. The number of ether oxygens (including phenoxy) is 2. The second-order valence-corrected chi connectivity index (χ2v) is 6.13. The van der Waals surface area contributed by atoms with E-state index in [0.29, 0.717) is 6.61 Å². The van der Waals surface area contributed by atoms with Gasteiger partial charge < -0.3 is 14.4 Å². The predicted molar refractivity (Wildman–Crippen MR) is 86.2 cm³/mol. The van der Waals surface area contributed by atoms with Gasteiger partial charge in [0, 0.05) is 18.4 Å². The van der Waals surface area contributed by atoms with Crippen molar-refractivity contribution in [3.8, 4) is 5.75 Å². The Kier molecular flexibility index (Phi) is 5.83. The number of carbonyl (C=O) groups excluding carboxylic acids is 1. The number of likely N-dealkylation sites (tertiary alicyclic amines) is 1. The van der Waals surface area contributed by atoms with Crippen LogP contribution in [-0.4, -0.2) is 32.8 Å². The van der Waals surface area contributed by atoms with Crippen LogP contribution in [0, 0.1) is 19.8 Å². The van der Waals surface area contributed by atoms with Gasteiger partial charge in [0.1, 0.15) is 12.3 Å². The summed E-state index contributed by atoms with van der Waals surface area (Å²) < 4.78 is 10.5. The summed E-state index contributed by atoms with van der Waals surface area (Å²) in [4.78, 5) is 13.3. The van der Waals surface area contributed by atoms with E-state index in [0.717, 1.165) is 38.2 Å². The smallest absolute Gasteiger partial charge is 0.309 e. The molecule has 1 saturated heterocycles. The van der Waals surface area contributed by atoms with Crippen molar-refractivity contribution in [3.05, 3.63) is 28.8 Å². The van der Waals surface area contributed by atoms with E-state index in [-0.39, 0.29) is 11.9 Å². The van der Waals surface area contributed by atoms with Crippen LogP contribution in [0.2, 0.25) is 0 Å². The van der Waals surface area contributed by atoms with Crippen molar-refractivity contribution in [3.63, 3.8) is 0 Å². The van der Waals surface area contributed by atoms with Crippen LogP contribution in [-0.2, 0) is 16.1 Å². The highest BCUT2D eigenvalue weighted by Crippen LogP contribution is 2.23. The van der Waals surface area contributed by atoms with E-state index in [9.17, 15) is 4.79 Å². The molecular weight excluding hydrogens is 278 g/mol. The first-order valence-corrected chi connectivity index (χ1v) is 8.20. The monoisotopic (exact) mass is 306 g/mol. The Morgan fingerprint density at radius 2 is 1.91 bits per heavy atom. The van der Waals surface area contributed by atoms with Gasteiger partial charge in [-0.25, -0.2) is 0 Å². The van der Waals surface area contributed by atoms with E-state index in [1.165, 1.54) is 16.7 Å². The van der Waals surface area contributed by atoms with Crippen LogP contribution in [0.5, 0.6) is 5.75 Å². The van der Waals surface area contributed by atoms with Crippen LogP contribution in [0.15, 0.2) is 12.1 Å². The third kappa shape index (κ3) is 3.80. The summed E-state index contributed by atoms with van der Waals surface area (Å²) in [6.45, 7) is 9.72. The SMILES string of the molecule is CCOC(=O)C1CC[NH+](Cc2ccc(OC)c(C)c2C)CC1. The minimum Gasteiger partial charge on any atom is -0.496 e. The average Bonchev–Trinajstić information content (AvgIpc) is 2.53. The predicted octanol–water partition coefficient (Wildman–Crippen LogP) is 1.67. The van der Waals surface area contributed by atoms with Crippen molar-refractivity contribution < 1.29 is 19.2 Å². The molecule has 22 heavy (non-hydrogen) atoms. The highest BCUT2D eigenvalue weighted by atomic mass is 16.5. The molecule has 1 fully saturated rings. The first kappa shape index (κ1) is 16.8. The molecule has 0 bridgehead atoms. The first-order chi connectivity index (χ1) is 10.6. The lowest BCUT2D eigenvalue weighted by Crippen LogP contribution is -3.11. The van der Waals surface area contributed by atoms with Gasteiger partial charge in [-0.2, -0.15) is 0 Å². The second kappa shape index (κ2) is 7.63. The molecule has 0 unspecified atom stereocenters. The maximum Gasteiger partial charge on any atom is 0.309 e. The van der Waals surface area contributed by atoms with Gasteiger partial charge in [0.05, 0.1) is 32.7 Å². The molecule has 1 aromatic rings. The molecule has 1 aliphatic rings. The fourth-order valence-electron chi connectivity index (χ4n) is 3.23. The Balaban J connectivity index is 1.94. The topological polar surface area (TPSA) is 40.0 Å². The third-order valence-corrected chi connectivity index (χ3v) is 4.82. The Bertz CT molecular complexity index is 519. The lowest BCUT2D eigenvalue weighted by molar-refractivity contribution is -0.919. The van der Waals surface area contributed by atoms with Crippen molar-refractivity contribution in [1.29, 1.82) is 0 Å². The summed E-state index contributed by atoms with van der Waals surface area (Å²) in [5, 5.41) is 0. The van der Waals surface area contributed by atoms with Gasteiger partial charge in [-0.15, -0.1) is 0 Å². The largest absolute Gasteiger partial charge is 0.496 e. The lowest BCUT2D eigenvalue weighted by atomic mass is 9.95. The van der Waals surface area contributed by atoms with Crippen molar-refractivity contribution in [2.75, 3.05) is 26.8 Å². The Morgan fingerprint density at radius 1 is 1.23 bits per heavy atom. The summed E-state index contributed by atoms with van der Waals surface area (Å²) in [6, 6.07) is 4.23. The highest BCUT2D eigenvalue weighted by Gasteiger charge is 2.28. The molecule has 0 amide bonds. The minimum atomic E-state index is -0.0157. The number of nitrogens with one attached hydrogen (secondary N) is 1. The maximum atomic E-state index is 11.8. The molecule has 0 aromatic heterocycles. The number of rotatable bonds is 5. The molecule has 4 heteroatoms. The molecule has 2 rings (SSSR count). The van der Waals surface area contributed by atoms with Crippen LogP contribution < -0.4 is 9.64 Å². The van der Waals surface area contributed by atoms with Gasteiger partial charge >= 0.3 is 5.97 Å². The molecule has 1 heterocycles. The van der Waals surface area contributed by atoms with Crippen molar-refractivity contribution in [2.45, 2.75) is 40.2 Å². The summed E-state index contributed by atoms with van der Waals surface area (Å²) in [6.07, 6.45) is 1.87. The Morgan fingerprint density at radius 3 is 2.50 bits per heavy atom. The van der Waals surface area contributed by atoms with Gasteiger partial charge in [-0.3, -0.25) is 4.79 Å². The van der Waals surface area contributed by atoms with Gasteiger partial charge in [0.25, 0.3) is 0 Å². The van der Waals surface area contributed by atoms with Crippen LogP contribution >= 0.6 is 0 Å². The fraction of sp³-hybridized carbons (Fsp3) is 0.611. The summed E-state index contributed by atoms with van der Waals surface area (Å²) >= 11 is 0. The minimum absolute atomic E-state index is 0.0157. The van der Waals surface area contributed by atoms with Crippen LogP contribution in [0.1, 0.15) is 36.5 Å². The third-order valence-electron chi connectivity index (χ3n) is 4.82. The molecule has 0 spiro atoms. The van der Waals surface area contributed by atoms with Gasteiger partial charge in [0.15, 0.2) is 0 Å². The Labute approximate surface area is 133 Å². The number of methoxy groups -OCH3 is 1. The van der Waals surface area contributed by atoms with E-state index in [2.05, 4.69) is 26.0 Å².